The summed E-state index contributed by atoms with van der Waals surface area (Å²) in [5.74, 6) is -0.281. The third-order valence-electron chi connectivity index (χ3n) is 4.65. The van der Waals surface area contributed by atoms with Crippen LogP contribution in [0.1, 0.15) is 12.8 Å². The molecule has 0 saturated carbocycles. The first-order valence-corrected chi connectivity index (χ1v) is 8.00. The number of rotatable bonds is 3. The molecule has 0 bridgehead atoms. The van der Waals surface area contributed by atoms with Crippen molar-refractivity contribution in [3.05, 3.63) is 48.3 Å². The van der Waals surface area contributed by atoms with Crippen molar-refractivity contribution >= 4 is 11.6 Å². The Morgan fingerprint density at radius 3 is 2.83 bits per heavy atom. The van der Waals surface area contributed by atoms with Crippen LogP contribution in [0.2, 0.25) is 0 Å². The number of hydrogen-bond acceptors (Lipinski definition) is 5. The van der Waals surface area contributed by atoms with Gasteiger partial charge in [-0.3, -0.25) is 0 Å². The molecular weight excluding hydrogens is 314 g/mol. The minimum atomic E-state index is -0.457. The summed E-state index contributed by atoms with van der Waals surface area (Å²) in [4.78, 5) is 10.0. The predicted molar refractivity (Wildman–Crippen MR) is 85.9 cm³/mol. The van der Waals surface area contributed by atoms with Gasteiger partial charge in [0.15, 0.2) is 5.82 Å². The van der Waals surface area contributed by atoms with Gasteiger partial charge >= 0.3 is 0 Å². The summed E-state index contributed by atoms with van der Waals surface area (Å²) in [5.41, 5.74) is 0.651. The molecule has 3 heterocycles. The molecule has 7 heteroatoms. The minimum absolute atomic E-state index is 0.0860. The van der Waals surface area contributed by atoms with Crippen LogP contribution in [0, 0.1) is 11.6 Å². The standard InChI is InChI=1S/C17H18F2N4O/c18-12-2-1-3-15(6-12)23-5-4-17(11-23)7-14(10-24-17)22-16-20-8-13(19)9-21-16/h1-3,6,8-9,14H,4-5,7,10-11H2,(H,20,21,22)/t14-,17-/m1/s1. The van der Waals surface area contributed by atoms with E-state index in [9.17, 15) is 8.78 Å². The van der Waals surface area contributed by atoms with Crippen molar-refractivity contribution in [3.63, 3.8) is 0 Å². The Labute approximate surface area is 138 Å². The summed E-state index contributed by atoms with van der Waals surface area (Å²) >= 11 is 0. The van der Waals surface area contributed by atoms with E-state index in [-0.39, 0.29) is 17.5 Å². The van der Waals surface area contributed by atoms with E-state index < -0.39 is 5.82 Å². The lowest BCUT2D eigenvalue weighted by molar-refractivity contribution is 0.0229. The van der Waals surface area contributed by atoms with Gasteiger partial charge in [0.25, 0.3) is 0 Å². The summed E-state index contributed by atoms with van der Waals surface area (Å²) in [6.45, 7) is 2.12. The summed E-state index contributed by atoms with van der Waals surface area (Å²) < 4.78 is 32.3. The molecule has 126 valence electrons. The van der Waals surface area contributed by atoms with E-state index in [1.54, 1.807) is 12.1 Å². The highest BCUT2D eigenvalue weighted by molar-refractivity contribution is 5.48. The number of halogens is 2. The van der Waals surface area contributed by atoms with Crippen LogP contribution in [0.15, 0.2) is 36.7 Å². The van der Waals surface area contributed by atoms with Crippen LogP contribution >= 0.6 is 0 Å². The molecule has 2 saturated heterocycles. The molecule has 2 fully saturated rings. The summed E-state index contributed by atoms with van der Waals surface area (Å²) in [7, 11) is 0. The number of benzene rings is 1. The maximum Gasteiger partial charge on any atom is 0.223 e. The average Bonchev–Trinajstić information content (AvgIpc) is 3.17. The Morgan fingerprint density at radius 2 is 2.04 bits per heavy atom. The molecule has 2 aliphatic heterocycles. The van der Waals surface area contributed by atoms with E-state index in [1.807, 2.05) is 6.07 Å². The third-order valence-corrected chi connectivity index (χ3v) is 4.65. The highest BCUT2D eigenvalue weighted by atomic mass is 19.1. The lowest BCUT2D eigenvalue weighted by Gasteiger charge is -2.24. The molecule has 1 aromatic carbocycles. The van der Waals surface area contributed by atoms with Crippen molar-refractivity contribution in [1.29, 1.82) is 0 Å². The molecule has 0 unspecified atom stereocenters. The molecule has 0 radical (unpaired) electrons. The first kappa shape index (κ1) is 15.3. The molecule has 1 aromatic heterocycles. The Morgan fingerprint density at radius 1 is 1.21 bits per heavy atom. The quantitative estimate of drug-likeness (QED) is 0.936. The van der Waals surface area contributed by atoms with Crippen LogP contribution in [0.4, 0.5) is 20.4 Å². The van der Waals surface area contributed by atoms with Crippen molar-refractivity contribution in [1.82, 2.24) is 9.97 Å². The predicted octanol–water partition coefficient (Wildman–Crippen LogP) is 2.60. The first-order valence-electron chi connectivity index (χ1n) is 8.00. The lowest BCUT2D eigenvalue weighted by atomic mass is 9.97. The molecule has 24 heavy (non-hydrogen) atoms. The highest BCUT2D eigenvalue weighted by Gasteiger charge is 2.45. The Bertz CT molecular complexity index is 727. The van der Waals surface area contributed by atoms with Gasteiger partial charge in [-0.1, -0.05) is 6.07 Å². The van der Waals surface area contributed by atoms with Crippen LogP contribution in [0.3, 0.4) is 0 Å². The normalized spacial score (nSPS) is 26.2. The second-order valence-corrected chi connectivity index (χ2v) is 6.42. The molecule has 4 rings (SSSR count). The fraction of sp³-hybridized carbons (Fsp3) is 0.412. The van der Waals surface area contributed by atoms with Crippen LogP contribution in [-0.4, -0.2) is 41.3 Å². The van der Waals surface area contributed by atoms with Crippen LogP contribution < -0.4 is 10.2 Å². The zero-order valence-corrected chi connectivity index (χ0v) is 13.1. The summed E-state index contributed by atoms with van der Waals surface area (Å²) in [5, 5.41) is 3.19. The van der Waals surface area contributed by atoms with Gasteiger partial charge in [0, 0.05) is 25.2 Å². The molecule has 2 atom stereocenters. The van der Waals surface area contributed by atoms with Gasteiger partial charge in [-0.15, -0.1) is 0 Å². The van der Waals surface area contributed by atoms with Gasteiger partial charge < -0.3 is 15.0 Å². The van der Waals surface area contributed by atoms with Gasteiger partial charge in [-0.05, 0) is 24.6 Å². The maximum atomic E-state index is 13.4. The van der Waals surface area contributed by atoms with E-state index in [2.05, 4.69) is 20.2 Å². The van der Waals surface area contributed by atoms with Crippen molar-refractivity contribution in [2.45, 2.75) is 24.5 Å². The number of nitrogens with one attached hydrogen (secondary N) is 1. The molecule has 1 spiro atoms. The van der Waals surface area contributed by atoms with Crippen LogP contribution in [0.25, 0.3) is 0 Å². The minimum Gasteiger partial charge on any atom is -0.371 e. The van der Waals surface area contributed by atoms with E-state index in [0.717, 1.165) is 44.0 Å². The SMILES string of the molecule is Fc1cnc(N[C@H]2CO[C@]3(CCN(c4cccc(F)c4)C3)C2)nc1. The van der Waals surface area contributed by atoms with E-state index in [1.165, 1.54) is 6.07 Å². The number of aromatic nitrogens is 2. The molecule has 2 aliphatic rings. The van der Waals surface area contributed by atoms with Gasteiger partial charge in [0.2, 0.25) is 5.95 Å². The van der Waals surface area contributed by atoms with Crippen LogP contribution in [-0.2, 0) is 4.74 Å². The van der Waals surface area contributed by atoms with Gasteiger partial charge in [-0.2, -0.15) is 0 Å². The third kappa shape index (κ3) is 3.03. The average molecular weight is 332 g/mol. The number of nitrogens with zero attached hydrogens (tertiary/aromatic N) is 3. The van der Waals surface area contributed by atoms with Gasteiger partial charge in [-0.25, -0.2) is 18.7 Å². The monoisotopic (exact) mass is 332 g/mol. The largest absolute Gasteiger partial charge is 0.371 e. The summed E-state index contributed by atoms with van der Waals surface area (Å²) in [6.07, 6.45) is 4.00. The van der Waals surface area contributed by atoms with Gasteiger partial charge in [0.05, 0.1) is 30.6 Å². The van der Waals surface area contributed by atoms with Crippen LogP contribution in [0.5, 0.6) is 0 Å². The van der Waals surface area contributed by atoms with Gasteiger partial charge in [0.1, 0.15) is 5.82 Å². The van der Waals surface area contributed by atoms with E-state index >= 15 is 0 Å². The van der Waals surface area contributed by atoms with Crippen molar-refractivity contribution in [2.24, 2.45) is 0 Å². The molecule has 5 nitrogen and oxygen atoms in total. The lowest BCUT2D eigenvalue weighted by Crippen LogP contribution is -2.33. The van der Waals surface area contributed by atoms with Crippen molar-refractivity contribution in [2.75, 3.05) is 29.9 Å². The fourth-order valence-electron chi connectivity index (χ4n) is 3.53. The second-order valence-electron chi connectivity index (χ2n) is 6.42. The smallest absolute Gasteiger partial charge is 0.223 e. The van der Waals surface area contributed by atoms with Crippen molar-refractivity contribution in [3.8, 4) is 0 Å². The number of ether oxygens (including phenoxy) is 1. The first-order chi connectivity index (χ1) is 11.6. The molecular formula is C17H18F2N4O. The Hall–Kier alpha value is -2.28. The molecule has 0 amide bonds. The topological polar surface area (TPSA) is 50.3 Å². The summed E-state index contributed by atoms with van der Waals surface area (Å²) in [6, 6.07) is 6.73. The zero-order chi connectivity index (χ0) is 16.6. The maximum absolute atomic E-state index is 13.4. The fourth-order valence-corrected chi connectivity index (χ4v) is 3.53. The highest BCUT2D eigenvalue weighted by Crippen LogP contribution is 2.37. The number of anilines is 2. The zero-order valence-electron chi connectivity index (χ0n) is 13.1. The molecule has 2 aromatic rings. The molecule has 1 N–H and O–H groups in total. The van der Waals surface area contributed by atoms with E-state index in [4.69, 9.17) is 4.74 Å². The number of hydrogen-bond donors (Lipinski definition) is 1. The Kier molecular flexibility index (Phi) is 3.80. The van der Waals surface area contributed by atoms with Crippen molar-refractivity contribution < 1.29 is 13.5 Å². The Balaban J connectivity index is 1.40. The van der Waals surface area contributed by atoms with E-state index in [0.29, 0.717) is 12.6 Å². The second kappa shape index (κ2) is 5.98. The molecule has 0 aliphatic carbocycles.